The predicted octanol–water partition coefficient (Wildman–Crippen LogP) is 4.23. The maximum atomic E-state index is 13.0. The molecule has 3 aromatic rings. The molecule has 0 bridgehead atoms. The molecule has 0 unspecified atom stereocenters. The van der Waals surface area contributed by atoms with Crippen molar-refractivity contribution < 1.29 is 24.2 Å². The Kier molecular flexibility index (Phi) is 8.63. The SMILES string of the molecule is COc1ccc(CN(C(=O)/C=C/C(=O)O)c2ccc(OC)cc2CNCc2cccs2)cc1. The highest BCUT2D eigenvalue weighted by molar-refractivity contribution is 7.09. The fourth-order valence-electron chi connectivity index (χ4n) is 3.26. The molecule has 8 heteroatoms. The first-order valence-corrected chi connectivity index (χ1v) is 11.1. The zero-order valence-corrected chi connectivity index (χ0v) is 19.3. The topological polar surface area (TPSA) is 88.1 Å². The number of methoxy groups -OCH3 is 2. The van der Waals surface area contributed by atoms with Gasteiger partial charge in [-0.05, 0) is 52.9 Å². The zero-order valence-electron chi connectivity index (χ0n) is 18.5. The number of anilines is 1. The lowest BCUT2D eigenvalue weighted by atomic mass is 10.1. The lowest BCUT2D eigenvalue weighted by Crippen LogP contribution is -2.30. The molecule has 0 spiro atoms. The van der Waals surface area contributed by atoms with Crippen LogP contribution in [-0.2, 0) is 29.2 Å². The van der Waals surface area contributed by atoms with Gasteiger partial charge in [-0.25, -0.2) is 4.79 Å². The number of ether oxygens (including phenoxy) is 2. The van der Waals surface area contributed by atoms with Crippen molar-refractivity contribution in [3.63, 3.8) is 0 Å². The number of benzene rings is 2. The summed E-state index contributed by atoms with van der Waals surface area (Å²) in [6, 6.07) is 16.9. The molecule has 1 heterocycles. The molecule has 33 heavy (non-hydrogen) atoms. The van der Waals surface area contributed by atoms with Crippen molar-refractivity contribution in [1.82, 2.24) is 5.32 Å². The molecule has 172 valence electrons. The van der Waals surface area contributed by atoms with Gasteiger partial charge < -0.3 is 24.8 Å². The molecule has 3 rings (SSSR count). The second-order valence-electron chi connectivity index (χ2n) is 7.12. The van der Waals surface area contributed by atoms with Crippen molar-refractivity contribution in [3.05, 3.63) is 88.1 Å². The Balaban J connectivity index is 1.92. The molecule has 1 aromatic heterocycles. The third-order valence-electron chi connectivity index (χ3n) is 4.91. The first-order valence-electron chi connectivity index (χ1n) is 10.3. The van der Waals surface area contributed by atoms with Gasteiger partial charge in [-0.3, -0.25) is 4.79 Å². The van der Waals surface area contributed by atoms with E-state index in [-0.39, 0.29) is 6.54 Å². The molecule has 0 atom stereocenters. The fraction of sp³-hybridized carbons (Fsp3) is 0.200. The van der Waals surface area contributed by atoms with Gasteiger partial charge in [0.1, 0.15) is 11.5 Å². The number of nitrogens with zero attached hydrogens (tertiary/aromatic N) is 1. The lowest BCUT2D eigenvalue weighted by Gasteiger charge is -2.25. The van der Waals surface area contributed by atoms with Crippen LogP contribution in [0.3, 0.4) is 0 Å². The highest BCUT2D eigenvalue weighted by atomic mass is 32.1. The van der Waals surface area contributed by atoms with Crippen LogP contribution in [0.2, 0.25) is 0 Å². The maximum absolute atomic E-state index is 13.0. The summed E-state index contributed by atoms with van der Waals surface area (Å²) in [5, 5.41) is 14.4. The molecule has 2 N–H and O–H groups in total. The molecule has 0 saturated carbocycles. The van der Waals surface area contributed by atoms with Crippen molar-refractivity contribution in [3.8, 4) is 11.5 Å². The summed E-state index contributed by atoms with van der Waals surface area (Å²) in [5.41, 5.74) is 2.41. The summed E-state index contributed by atoms with van der Waals surface area (Å²) in [5.74, 6) is -0.229. The summed E-state index contributed by atoms with van der Waals surface area (Å²) in [4.78, 5) is 26.8. The molecule has 2 aromatic carbocycles. The Hall–Kier alpha value is -3.62. The Labute approximate surface area is 196 Å². The van der Waals surface area contributed by atoms with E-state index in [1.807, 2.05) is 47.8 Å². The fourth-order valence-corrected chi connectivity index (χ4v) is 3.93. The molecule has 0 fully saturated rings. The van der Waals surface area contributed by atoms with Crippen LogP contribution in [0.1, 0.15) is 16.0 Å². The Morgan fingerprint density at radius 1 is 1.00 bits per heavy atom. The van der Waals surface area contributed by atoms with E-state index >= 15 is 0 Å². The van der Waals surface area contributed by atoms with E-state index in [1.54, 1.807) is 36.5 Å². The van der Waals surface area contributed by atoms with E-state index in [0.717, 1.165) is 23.3 Å². The van der Waals surface area contributed by atoms with Gasteiger partial charge in [0.05, 0.1) is 20.8 Å². The smallest absolute Gasteiger partial charge is 0.328 e. The van der Waals surface area contributed by atoms with Crippen LogP contribution in [0.5, 0.6) is 11.5 Å². The molecular weight excluding hydrogens is 440 g/mol. The van der Waals surface area contributed by atoms with Crippen LogP contribution in [0.15, 0.2) is 72.1 Å². The number of carboxylic acid groups (broad SMARTS) is 1. The normalized spacial score (nSPS) is 10.8. The molecule has 0 radical (unpaired) electrons. The van der Waals surface area contributed by atoms with Crippen LogP contribution in [0.25, 0.3) is 0 Å². The highest BCUT2D eigenvalue weighted by Crippen LogP contribution is 2.28. The number of thiophene rings is 1. The van der Waals surface area contributed by atoms with Crippen molar-refractivity contribution >= 4 is 28.9 Å². The molecule has 0 aliphatic rings. The quantitative estimate of drug-likeness (QED) is 0.411. The lowest BCUT2D eigenvalue weighted by molar-refractivity contribution is -0.131. The number of rotatable bonds is 11. The number of hydrogen-bond donors (Lipinski definition) is 2. The van der Waals surface area contributed by atoms with Crippen molar-refractivity contribution in [2.75, 3.05) is 19.1 Å². The van der Waals surface area contributed by atoms with Gasteiger partial charge in [0.2, 0.25) is 0 Å². The standard InChI is InChI=1S/C25H26N2O5S/c1-31-20-7-5-18(6-8-20)17-27(24(28)11-12-25(29)30)23-10-9-21(32-2)14-19(23)15-26-16-22-4-3-13-33-22/h3-14,26H,15-17H2,1-2H3,(H,29,30)/b12-11+. The Morgan fingerprint density at radius 2 is 1.73 bits per heavy atom. The zero-order chi connectivity index (χ0) is 23.6. The van der Waals surface area contributed by atoms with Crippen LogP contribution >= 0.6 is 11.3 Å². The molecule has 0 saturated heterocycles. The average Bonchev–Trinajstić information content (AvgIpc) is 3.35. The number of carbonyl (C=O) groups excluding carboxylic acids is 1. The van der Waals surface area contributed by atoms with Gasteiger partial charge in [-0.15, -0.1) is 11.3 Å². The summed E-state index contributed by atoms with van der Waals surface area (Å²) >= 11 is 1.67. The van der Waals surface area contributed by atoms with E-state index in [1.165, 1.54) is 4.88 Å². The highest BCUT2D eigenvalue weighted by Gasteiger charge is 2.19. The third kappa shape index (κ3) is 6.93. The second-order valence-corrected chi connectivity index (χ2v) is 8.15. The van der Waals surface area contributed by atoms with Gasteiger partial charge in [-0.2, -0.15) is 0 Å². The number of hydrogen-bond acceptors (Lipinski definition) is 6. The third-order valence-corrected chi connectivity index (χ3v) is 5.78. The van der Waals surface area contributed by atoms with Crippen LogP contribution in [0, 0.1) is 0 Å². The first-order chi connectivity index (χ1) is 16.0. The summed E-state index contributed by atoms with van der Waals surface area (Å²) in [6.07, 6.45) is 1.92. The Morgan fingerprint density at radius 3 is 2.36 bits per heavy atom. The summed E-state index contributed by atoms with van der Waals surface area (Å²) in [6.45, 7) is 1.45. The number of aliphatic carboxylic acids is 1. The van der Waals surface area contributed by atoms with Gasteiger partial charge in [-0.1, -0.05) is 18.2 Å². The van der Waals surface area contributed by atoms with Crippen LogP contribution < -0.4 is 19.7 Å². The average molecular weight is 467 g/mol. The van der Waals surface area contributed by atoms with Crippen LogP contribution in [0.4, 0.5) is 5.69 Å². The minimum absolute atomic E-state index is 0.261. The second kappa shape index (κ2) is 11.8. The van der Waals surface area contributed by atoms with Gasteiger partial charge >= 0.3 is 5.97 Å². The van der Waals surface area contributed by atoms with E-state index in [9.17, 15) is 9.59 Å². The molecule has 0 aliphatic heterocycles. The monoisotopic (exact) mass is 466 g/mol. The minimum atomic E-state index is -1.18. The van der Waals surface area contributed by atoms with Crippen molar-refractivity contribution in [1.29, 1.82) is 0 Å². The minimum Gasteiger partial charge on any atom is -0.497 e. The largest absolute Gasteiger partial charge is 0.497 e. The predicted molar refractivity (Wildman–Crippen MR) is 129 cm³/mol. The van der Waals surface area contributed by atoms with Crippen LogP contribution in [-0.4, -0.2) is 31.2 Å². The van der Waals surface area contributed by atoms with Gasteiger partial charge in [0.25, 0.3) is 5.91 Å². The summed E-state index contributed by atoms with van der Waals surface area (Å²) < 4.78 is 10.6. The molecule has 7 nitrogen and oxygen atoms in total. The number of nitrogens with one attached hydrogen (secondary N) is 1. The van der Waals surface area contributed by atoms with Crippen molar-refractivity contribution in [2.45, 2.75) is 19.6 Å². The molecular formula is C25H26N2O5S. The van der Waals surface area contributed by atoms with Gasteiger partial charge in [0, 0.05) is 35.8 Å². The van der Waals surface area contributed by atoms with E-state index in [2.05, 4.69) is 11.4 Å². The van der Waals surface area contributed by atoms with E-state index in [0.29, 0.717) is 30.3 Å². The summed E-state index contributed by atoms with van der Waals surface area (Å²) in [7, 11) is 3.18. The Bertz CT molecular complexity index is 1090. The molecule has 1 amide bonds. The van der Waals surface area contributed by atoms with E-state index < -0.39 is 11.9 Å². The van der Waals surface area contributed by atoms with Crippen molar-refractivity contribution in [2.24, 2.45) is 0 Å². The number of amides is 1. The first kappa shape index (κ1) is 24.0. The van der Waals surface area contributed by atoms with E-state index in [4.69, 9.17) is 14.6 Å². The number of carboxylic acids is 1. The molecule has 0 aliphatic carbocycles. The van der Waals surface area contributed by atoms with Gasteiger partial charge in [0.15, 0.2) is 0 Å². The maximum Gasteiger partial charge on any atom is 0.328 e. The number of carbonyl (C=O) groups is 2.